The average Bonchev–Trinajstić information content (AvgIpc) is 2.41. The van der Waals surface area contributed by atoms with Crippen molar-refractivity contribution in [3.8, 4) is 0 Å². The number of halogens is 1. The summed E-state index contributed by atoms with van der Waals surface area (Å²) in [6.45, 7) is 2.34. The van der Waals surface area contributed by atoms with Gasteiger partial charge < -0.3 is 4.90 Å². The van der Waals surface area contributed by atoms with Gasteiger partial charge in [-0.2, -0.15) is 0 Å². The van der Waals surface area contributed by atoms with Crippen molar-refractivity contribution < 1.29 is 4.79 Å². The first-order valence-corrected chi connectivity index (χ1v) is 6.22. The molecule has 0 atom stereocenters. The molecule has 0 saturated heterocycles. The van der Waals surface area contributed by atoms with Crippen LogP contribution < -0.4 is 0 Å². The highest BCUT2D eigenvalue weighted by molar-refractivity contribution is 6.30. The number of hydrogen-bond donors (Lipinski definition) is 0. The molecule has 1 heterocycles. The van der Waals surface area contributed by atoms with Crippen LogP contribution in [0.3, 0.4) is 0 Å². The third-order valence-corrected chi connectivity index (χ3v) is 2.93. The number of carbonyl (C=O) groups excluding carboxylic acids is 1. The zero-order valence-electron chi connectivity index (χ0n) is 10.8. The maximum Gasteiger partial charge on any atom is 0.274 e. The monoisotopic (exact) mass is 275 g/mol. The lowest BCUT2D eigenvalue weighted by Gasteiger charge is -2.16. The van der Waals surface area contributed by atoms with Crippen LogP contribution in [0.4, 0.5) is 0 Å². The largest absolute Gasteiger partial charge is 0.336 e. The van der Waals surface area contributed by atoms with Gasteiger partial charge in [-0.3, -0.25) is 9.78 Å². The Labute approximate surface area is 117 Å². The fourth-order valence-corrected chi connectivity index (χ4v) is 1.76. The van der Waals surface area contributed by atoms with Crippen LogP contribution in [0.25, 0.3) is 0 Å². The Morgan fingerprint density at radius 3 is 2.47 bits per heavy atom. The molecule has 4 nitrogen and oxygen atoms in total. The lowest BCUT2D eigenvalue weighted by molar-refractivity contribution is 0.0779. The van der Waals surface area contributed by atoms with Crippen molar-refractivity contribution in [2.45, 2.75) is 13.5 Å². The topological polar surface area (TPSA) is 46.1 Å². The van der Waals surface area contributed by atoms with Crippen LogP contribution in [0.15, 0.2) is 36.7 Å². The summed E-state index contributed by atoms with van der Waals surface area (Å²) in [4.78, 5) is 21.9. The maximum absolute atomic E-state index is 12.1. The van der Waals surface area contributed by atoms with Crippen LogP contribution in [-0.2, 0) is 6.54 Å². The van der Waals surface area contributed by atoms with E-state index in [4.69, 9.17) is 11.6 Å². The van der Waals surface area contributed by atoms with E-state index >= 15 is 0 Å². The minimum atomic E-state index is -0.151. The number of carbonyl (C=O) groups is 1. The molecule has 0 bridgehead atoms. The van der Waals surface area contributed by atoms with E-state index in [1.54, 1.807) is 30.3 Å². The SMILES string of the molecule is Cc1cnc(C(=O)N(C)Cc2ccc(Cl)cc2)cn1. The third kappa shape index (κ3) is 3.51. The van der Waals surface area contributed by atoms with E-state index in [-0.39, 0.29) is 5.91 Å². The van der Waals surface area contributed by atoms with E-state index in [9.17, 15) is 4.79 Å². The lowest BCUT2D eigenvalue weighted by atomic mass is 10.2. The highest BCUT2D eigenvalue weighted by atomic mass is 35.5. The van der Waals surface area contributed by atoms with Gasteiger partial charge in [-0.15, -0.1) is 0 Å². The molecule has 98 valence electrons. The van der Waals surface area contributed by atoms with Gasteiger partial charge in [-0.25, -0.2) is 4.98 Å². The van der Waals surface area contributed by atoms with Crippen LogP contribution >= 0.6 is 11.6 Å². The van der Waals surface area contributed by atoms with E-state index in [0.29, 0.717) is 17.3 Å². The number of rotatable bonds is 3. The van der Waals surface area contributed by atoms with Crippen molar-refractivity contribution in [3.63, 3.8) is 0 Å². The summed E-state index contributed by atoms with van der Waals surface area (Å²) in [7, 11) is 1.73. The Balaban J connectivity index is 2.07. The molecule has 0 spiro atoms. The van der Waals surface area contributed by atoms with Gasteiger partial charge in [0.2, 0.25) is 0 Å². The van der Waals surface area contributed by atoms with Gasteiger partial charge in [0.15, 0.2) is 0 Å². The Hall–Kier alpha value is -1.94. The van der Waals surface area contributed by atoms with Gasteiger partial charge in [-0.1, -0.05) is 23.7 Å². The normalized spacial score (nSPS) is 10.3. The number of benzene rings is 1. The van der Waals surface area contributed by atoms with Gasteiger partial charge in [0.1, 0.15) is 5.69 Å². The zero-order chi connectivity index (χ0) is 13.8. The zero-order valence-corrected chi connectivity index (χ0v) is 11.6. The Morgan fingerprint density at radius 1 is 1.21 bits per heavy atom. The predicted molar refractivity (Wildman–Crippen MR) is 74.0 cm³/mol. The molecule has 0 N–H and O–H groups in total. The van der Waals surface area contributed by atoms with E-state index < -0.39 is 0 Å². The van der Waals surface area contributed by atoms with Gasteiger partial charge >= 0.3 is 0 Å². The average molecular weight is 276 g/mol. The molecule has 5 heteroatoms. The maximum atomic E-state index is 12.1. The number of aromatic nitrogens is 2. The molecule has 0 fully saturated rings. The molecule has 19 heavy (non-hydrogen) atoms. The second-order valence-electron chi connectivity index (χ2n) is 4.33. The number of hydrogen-bond acceptors (Lipinski definition) is 3. The molecule has 1 aromatic carbocycles. The van der Waals surface area contributed by atoms with E-state index in [1.165, 1.54) is 6.20 Å². The molecule has 2 rings (SSSR count). The molecule has 0 aliphatic carbocycles. The summed E-state index contributed by atoms with van der Waals surface area (Å²) in [6, 6.07) is 7.40. The van der Waals surface area contributed by atoms with Crippen LogP contribution in [0, 0.1) is 6.92 Å². The third-order valence-electron chi connectivity index (χ3n) is 2.68. The Bertz CT molecular complexity index is 566. The summed E-state index contributed by atoms with van der Waals surface area (Å²) in [5.74, 6) is -0.151. The molecule has 1 aromatic heterocycles. The fourth-order valence-electron chi connectivity index (χ4n) is 1.63. The van der Waals surface area contributed by atoms with Gasteiger partial charge in [0, 0.05) is 24.8 Å². The Morgan fingerprint density at radius 2 is 1.89 bits per heavy atom. The molecule has 0 unspecified atom stereocenters. The van der Waals surface area contributed by atoms with Crippen LogP contribution in [-0.4, -0.2) is 27.8 Å². The standard InChI is InChI=1S/C14H14ClN3O/c1-10-7-17-13(8-16-10)14(19)18(2)9-11-3-5-12(15)6-4-11/h3-8H,9H2,1-2H3. The smallest absolute Gasteiger partial charge is 0.274 e. The van der Waals surface area contributed by atoms with Crippen molar-refractivity contribution in [1.29, 1.82) is 0 Å². The van der Waals surface area contributed by atoms with Crippen LogP contribution in [0.1, 0.15) is 21.7 Å². The lowest BCUT2D eigenvalue weighted by Crippen LogP contribution is -2.27. The molecule has 0 aliphatic heterocycles. The minimum absolute atomic E-state index is 0.151. The molecule has 1 amide bonds. The molecule has 0 saturated carbocycles. The molecule has 2 aromatic rings. The van der Waals surface area contributed by atoms with Crippen molar-refractivity contribution in [2.24, 2.45) is 0 Å². The van der Waals surface area contributed by atoms with Crippen LogP contribution in [0.2, 0.25) is 5.02 Å². The van der Waals surface area contributed by atoms with E-state index in [1.807, 2.05) is 19.1 Å². The molecule has 0 aliphatic rings. The van der Waals surface area contributed by atoms with Crippen molar-refractivity contribution in [3.05, 3.63) is 58.6 Å². The number of amides is 1. The Kier molecular flexibility index (Phi) is 4.12. The van der Waals surface area contributed by atoms with Crippen molar-refractivity contribution in [1.82, 2.24) is 14.9 Å². The minimum Gasteiger partial charge on any atom is -0.336 e. The first-order chi connectivity index (χ1) is 9.06. The predicted octanol–water partition coefficient (Wildman–Crippen LogP) is 2.71. The summed E-state index contributed by atoms with van der Waals surface area (Å²) < 4.78 is 0. The summed E-state index contributed by atoms with van der Waals surface area (Å²) in [5, 5.41) is 0.683. The van der Waals surface area contributed by atoms with E-state index in [2.05, 4.69) is 9.97 Å². The van der Waals surface area contributed by atoms with Crippen LogP contribution in [0.5, 0.6) is 0 Å². The molecular formula is C14H14ClN3O. The van der Waals surface area contributed by atoms with Crippen molar-refractivity contribution >= 4 is 17.5 Å². The second kappa shape index (κ2) is 5.80. The first-order valence-electron chi connectivity index (χ1n) is 5.85. The highest BCUT2D eigenvalue weighted by Gasteiger charge is 2.13. The molecular weight excluding hydrogens is 262 g/mol. The van der Waals surface area contributed by atoms with E-state index in [0.717, 1.165) is 11.3 Å². The quantitative estimate of drug-likeness (QED) is 0.865. The summed E-state index contributed by atoms with van der Waals surface area (Å²) >= 11 is 5.82. The number of aryl methyl sites for hydroxylation is 1. The molecule has 0 radical (unpaired) electrons. The van der Waals surface area contributed by atoms with Gasteiger partial charge in [0.05, 0.1) is 11.9 Å². The summed E-state index contributed by atoms with van der Waals surface area (Å²) in [5.41, 5.74) is 2.15. The van der Waals surface area contributed by atoms with Gasteiger partial charge in [-0.05, 0) is 24.6 Å². The summed E-state index contributed by atoms with van der Waals surface area (Å²) in [6.07, 6.45) is 3.08. The van der Waals surface area contributed by atoms with Crippen molar-refractivity contribution in [2.75, 3.05) is 7.05 Å². The highest BCUT2D eigenvalue weighted by Crippen LogP contribution is 2.11. The fraction of sp³-hybridized carbons (Fsp3) is 0.214. The van der Waals surface area contributed by atoms with Gasteiger partial charge in [0.25, 0.3) is 5.91 Å². The number of nitrogens with zero attached hydrogens (tertiary/aromatic N) is 3. The first kappa shape index (κ1) is 13.5. The second-order valence-corrected chi connectivity index (χ2v) is 4.77.